The van der Waals surface area contributed by atoms with Gasteiger partial charge in [-0.2, -0.15) is 0 Å². The molecule has 1 aliphatic carbocycles. The molecule has 0 aromatic carbocycles. The topological polar surface area (TPSA) is 69.6 Å². The first kappa shape index (κ1) is 16.3. The van der Waals surface area contributed by atoms with Crippen LogP contribution in [-0.2, 0) is 9.59 Å². The molecule has 0 bridgehead atoms. The van der Waals surface area contributed by atoms with Crippen molar-refractivity contribution in [1.82, 2.24) is 10.2 Å². The fourth-order valence-corrected chi connectivity index (χ4v) is 3.47. The third kappa shape index (κ3) is 4.43. The van der Waals surface area contributed by atoms with Gasteiger partial charge in [0.2, 0.25) is 11.8 Å². The minimum Gasteiger partial charge on any atom is -0.391 e. The van der Waals surface area contributed by atoms with Gasteiger partial charge < -0.3 is 15.3 Å². The highest BCUT2D eigenvalue weighted by atomic mass is 16.3. The molecule has 0 radical (unpaired) electrons. The van der Waals surface area contributed by atoms with Crippen molar-refractivity contribution in [3.8, 4) is 0 Å². The summed E-state index contributed by atoms with van der Waals surface area (Å²) in [6.07, 6.45) is 5.03. The molecule has 5 heteroatoms. The van der Waals surface area contributed by atoms with Crippen molar-refractivity contribution >= 4 is 11.8 Å². The second kappa shape index (κ2) is 7.25. The number of rotatable bonds is 6. The molecule has 120 valence electrons. The molecule has 2 amide bonds. The molecule has 2 atom stereocenters. The largest absolute Gasteiger partial charge is 0.391 e. The minimum absolute atomic E-state index is 0.0911. The van der Waals surface area contributed by atoms with Crippen LogP contribution in [0.2, 0.25) is 0 Å². The quantitative estimate of drug-likeness (QED) is 0.776. The monoisotopic (exact) mass is 296 g/mol. The summed E-state index contributed by atoms with van der Waals surface area (Å²) in [4.78, 5) is 26.1. The molecule has 21 heavy (non-hydrogen) atoms. The number of hydrogen-bond acceptors (Lipinski definition) is 3. The van der Waals surface area contributed by atoms with Crippen LogP contribution in [0.1, 0.15) is 52.4 Å². The SMILES string of the molecule is CC(C)CC(O)CNC(=O)C1CC(=O)N(C2CCCC2)C1. The molecule has 0 aromatic rings. The van der Waals surface area contributed by atoms with Crippen molar-refractivity contribution in [1.29, 1.82) is 0 Å². The van der Waals surface area contributed by atoms with E-state index in [0.29, 0.717) is 31.3 Å². The molecule has 1 saturated carbocycles. The normalized spacial score (nSPS) is 24.9. The van der Waals surface area contributed by atoms with E-state index in [1.807, 2.05) is 18.7 Å². The van der Waals surface area contributed by atoms with E-state index in [2.05, 4.69) is 5.32 Å². The van der Waals surface area contributed by atoms with Crippen molar-refractivity contribution < 1.29 is 14.7 Å². The third-order valence-corrected chi connectivity index (χ3v) is 4.55. The van der Waals surface area contributed by atoms with E-state index in [4.69, 9.17) is 0 Å². The Morgan fingerprint density at radius 1 is 1.38 bits per heavy atom. The predicted molar refractivity (Wildman–Crippen MR) is 80.5 cm³/mol. The maximum absolute atomic E-state index is 12.1. The molecule has 5 nitrogen and oxygen atoms in total. The molecule has 1 saturated heterocycles. The van der Waals surface area contributed by atoms with E-state index < -0.39 is 6.10 Å². The number of carbonyl (C=O) groups excluding carboxylic acids is 2. The Labute approximate surface area is 127 Å². The van der Waals surface area contributed by atoms with Gasteiger partial charge in [0.25, 0.3) is 0 Å². The van der Waals surface area contributed by atoms with E-state index in [1.54, 1.807) is 0 Å². The van der Waals surface area contributed by atoms with Crippen molar-refractivity contribution in [3.05, 3.63) is 0 Å². The van der Waals surface area contributed by atoms with Crippen LogP contribution in [-0.4, -0.2) is 47.1 Å². The Kier molecular flexibility index (Phi) is 5.62. The highest BCUT2D eigenvalue weighted by Crippen LogP contribution is 2.29. The number of likely N-dealkylation sites (tertiary alicyclic amines) is 1. The van der Waals surface area contributed by atoms with Gasteiger partial charge in [-0.05, 0) is 25.2 Å². The van der Waals surface area contributed by atoms with Gasteiger partial charge in [-0.15, -0.1) is 0 Å². The van der Waals surface area contributed by atoms with Gasteiger partial charge in [0.15, 0.2) is 0 Å². The van der Waals surface area contributed by atoms with Crippen LogP contribution >= 0.6 is 0 Å². The zero-order valence-electron chi connectivity index (χ0n) is 13.2. The van der Waals surface area contributed by atoms with Crippen LogP contribution in [0.4, 0.5) is 0 Å². The molecule has 2 rings (SSSR count). The van der Waals surface area contributed by atoms with E-state index in [1.165, 1.54) is 12.8 Å². The minimum atomic E-state index is -0.503. The maximum Gasteiger partial charge on any atom is 0.225 e. The van der Waals surface area contributed by atoms with E-state index >= 15 is 0 Å². The number of aliphatic hydroxyl groups excluding tert-OH is 1. The Hall–Kier alpha value is -1.10. The molecule has 2 aliphatic rings. The predicted octanol–water partition coefficient (Wildman–Crippen LogP) is 1.30. The van der Waals surface area contributed by atoms with Crippen LogP contribution in [0, 0.1) is 11.8 Å². The summed E-state index contributed by atoms with van der Waals surface area (Å²) in [6.45, 7) is 4.92. The Bertz CT molecular complexity index is 378. The van der Waals surface area contributed by atoms with Crippen molar-refractivity contribution in [2.45, 2.75) is 64.5 Å². The van der Waals surface area contributed by atoms with Crippen LogP contribution in [0.5, 0.6) is 0 Å². The molecular formula is C16H28N2O3. The van der Waals surface area contributed by atoms with E-state index in [-0.39, 0.29) is 24.3 Å². The number of nitrogens with one attached hydrogen (secondary N) is 1. The molecule has 1 aliphatic heterocycles. The Morgan fingerprint density at radius 3 is 2.67 bits per heavy atom. The van der Waals surface area contributed by atoms with Gasteiger partial charge in [0, 0.05) is 25.6 Å². The van der Waals surface area contributed by atoms with Gasteiger partial charge in [0.1, 0.15) is 0 Å². The molecule has 1 heterocycles. The number of hydrogen-bond donors (Lipinski definition) is 2. The second-order valence-corrected chi connectivity index (χ2v) is 6.91. The van der Waals surface area contributed by atoms with E-state index in [0.717, 1.165) is 12.8 Å². The van der Waals surface area contributed by atoms with Gasteiger partial charge in [-0.1, -0.05) is 26.7 Å². The zero-order valence-corrected chi connectivity index (χ0v) is 13.2. The second-order valence-electron chi connectivity index (χ2n) is 6.91. The lowest BCUT2D eigenvalue weighted by atomic mass is 10.1. The lowest BCUT2D eigenvalue weighted by molar-refractivity contribution is -0.130. The van der Waals surface area contributed by atoms with Crippen molar-refractivity contribution in [2.24, 2.45) is 11.8 Å². The first-order valence-electron chi connectivity index (χ1n) is 8.22. The molecule has 2 unspecified atom stereocenters. The van der Waals surface area contributed by atoms with Gasteiger partial charge in [0.05, 0.1) is 12.0 Å². The molecule has 2 N–H and O–H groups in total. The average Bonchev–Trinajstić information content (AvgIpc) is 3.03. The summed E-state index contributed by atoms with van der Waals surface area (Å²) in [5.74, 6) is 0.184. The standard InChI is InChI=1S/C16H28N2O3/c1-11(2)7-14(19)9-17-16(21)12-8-15(20)18(10-12)13-5-3-4-6-13/h11-14,19H,3-10H2,1-2H3,(H,17,21). The number of aliphatic hydroxyl groups is 1. The molecule has 0 spiro atoms. The Balaban J connectivity index is 1.77. The number of nitrogens with zero attached hydrogens (tertiary/aromatic N) is 1. The van der Waals surface area contributed by atoms with Crippen LogP contribution < -0.4 is 5.32 Å². The van der Waals surface area contributed by atoms with Crippen LogP contribution in [0.15, 0.2) is 0 Å². The van der Waals surface area contributed by atoms with Crippen LogP contribution in [0.25, 0.3) is 0 Å². The molecular weight excluding hydrogens is 268 g/mol. The van der Waals surface area contributed by atoms with Gasteiger partial charge in [-0.3, -0.25) is 9.59 Å². The highest BCUT2D eigenvalue weighted by Gasteiger charge is 2.38. The highest BCUT2D eigenvalue weighted by molar-refractivity contribution is 5.89. The van der Waals surface area contributed by atoms with Crippen molar-refractivity contribution in [2.75, 3.05) is 13.1 Å². The lowest BCUT2D eigenvalue weighted by Gasteiger charge is -2.24. The smallest absolute Gasteiger partial charge is 0.225 e. The maximum atomic E-state index is 12.1. The summed E-state index contributed by atoms with van der Waals surface area (Å²) in [5, 5.41) is 12.6. The summed E-state index contributed by atoms with van der Waals surface area (Å²) in [5.41, 5.74) is 0. The summed E-state index contributed by atoms with van der Waals surface area (Å²) >= 11 is 0. The number of amides is 2. The summed E-state index contributed by atoms with van der Waals surface area (Å²) in [6, 6.07) is 0.349. The lowest BCUT2D eigenvalue weighted by Crippen LogP contribution is -2.39. The van der Waals surface area contributed by atoms with Crippen LogP contribution in [0.3, 0.4) is 0 Å². The summed E-state index contributed by atoms with van der Waals surface area (Å²) in [7, 11) is 0. The molecule has 0 aromatic heterocycles. The number of carbonyl (C=O) groups is 2. The fraction of sp³-hybridized carbons (Fsp3) is 0.875. The van der Waals surface area contributed by atoms with Gasteiger partial charge in [-0.25, -0.2) is 0 Å². The zero-order chi connectivity index (χ0) is 15.4. The van der Waals surface area contributed by atoms with Gasteiger partial charge >= 0.3 is 0 Å². The third-order valence-electron chi connectivity index (χ3n) is 4.55. The summed E-state index contributed by atoms with van der Waals surface area (Å²) < 4.78 is 0. The Morgan fingerprint density at radius 2 is 2.05 bits per heavy atom. The first-order valence-corrected chi connectivity index (χ1v) is 8.22. The molecule has 2 fully saturated rings. The van der Waals surface area contributed by atoms with Crippen molar-refractivity contribution in [3.63, 3.8) is 0 Å². The average molecular weight is 296 g/mol. The fourth-order valence-electron chi connectivity index (χ4n) is 3.47. The van der Waals surface area contributed by atoms with E-state index in [9.17, 15) is 14.7 Å². The first-order chi connectivity index (χ1) is 9.97.